The van der Waals surface area contributed by atoms with E-state index >= 15 is 0 Å². The largest absolute Gasteiger partial charge is 0.497 e. The van der Waals surface area contributed by atoms with E-state index in [1.165, 1.54) is 6.08 Å². The molecule has 0 spiro atoms. The minimum absolute atomic E-state index is 0.198. The summed E-state index contributed by atoms with van der Waals surface area (Å²) in [5, 5.41) is 0. The van der Waals surface area contributed by atoms with Crippen molar-refractivity contribution in [2.75, 3.05) is 24.7 Å². The zero-order valence-electron chi connectivity index (χ0n) is 17.6. The number of methoxy groups -OCH3 is 1. The molecule has 0 unspecified atom stereocenters. The minimum atomic E-state index is -3.38. The maximum absolute atomic E-state index is 13.0. The molecule has 0 aliphatic heterocycles. The Kier molecular flexibility index (Phi) is 6.80. The van der Waals surface area contributed by atoms with Gasteiger partial charge in [-0.3, -0.25) is 14.3 Å². The number of hydrogen-bond donors (Lipinski definition) is 1. The van der Waals surface area contributed by atoms with Crippen LogP contribution >= 0.6 is 0 Å². The third-order valence-corrected chi connectivity index (χ3v) is 5.72. The number of anilines is 1. The Morgan fingerprint density at radius 3 is 2.29 bits per heavy atom. The van der Waals surface area contributed by atoms with E-state index in [1.807, 2.05) is 12.1 Å². The van der Waals surface area contributed by atoms with Crippen LogP contribution in [-0.2, 0) is 24.3 Å². The summed E-state index contributed by atoms with van der Waals surface area (Å²) in [7, 11) is -1.80. The van der Waals surface area contributed by atoms with Crippen LogP contribution in [0.1, 0.15) is 30.4 Å². The van der Waals surface area contributed by atoms with Crippen molar-refractivity contribution in [2.24, 2.45) is 5.92 Å². The number of hydrogen-bond acceptors (Lipinski definition) is 6. The van der Waals surface area contributed by atoms with Crippen molar-refractivity contribution in [1.82, 2.24) is 0 Å². The number of allylic oxidation sites excluding steroid dienone is 2. The van der Waals surface area contributed by atoms with E-state index < -0.39 is 21.9 Å². The van der Waals surface area contributed by atoms with Gasteiger partial charge in [-0.05, 0) is 60.4 Å². The number of esters is 1. The highest BCUT2D eigenvalue weighted by Gasteiger charge is 2.39. The van der Waals surface area contributed by atoms with Gasteiger partial charge < -0.3 is 9.47 Å². The predicted octanol–water partition coefficient (Wildman–Crippen LogP) is 3.39. The highest BCUT2D eigenvalue weighted by Crippen LogP contribution is 2.40. The normalized spacial score (nSPS) is 18.8. The Bertz CT molecular complexity index is 1090. The minimum Gasteiger partial charge on any atom is -0.497 e. The molecule has 0 saturated carbocycles. The summed E-state index contributed by atoms with van der Waals surface area (Å²) in [5.41, 5.74) is 2.84. The Labute approximate surface area is 182 Å². The lowest BCUT2D eigenvalue weighted by molar-refractivity contribution is -0.151. The molecule has 0 bridgehead atoms. The van der Waals surface area contributed by atoms with Crippen molar-refractivity contribution < 1.29 is 27.5 Å². The Hall–Kier alpha value is -3.13. The number of rotatable bonds is 7. The molecule has 0 radical (unpaired) electrons. The van der Waals surface area contributed by atoms with Gasteiger partial charge in [-0.15, -0.1) is 0 Å². The average molecular weight is 444 g/mol. The number of benzene rings is 2. The van der Waals surface area contributed by atoms with Gasteiger partial charge in [0.15, 0.2) is 5.78 Å². The molecule has 2 aromatic rings. The van der Waals surface area contributed by atoms with E-state index in [4.69, 9.17) is 9.47 Å². The number of nitrogens with one attached hydrogen (secondary N) is 1. The fourth-order valence-corrected chi connectivity index (χ4v) is 4.28. The second-order valence-corrected chi connectivity index (χ2v) is 9.09. The molecule has 0 saturated heterocycles. The molecule has 0 fully saturated rings. The lowest BCUT2D eigenvalue weighted by Crippen LogP contribution is -2.34. The summed E-state index contributed by atoms with van der Waals surface area (Å²) in [6.45, 7) is 1.91. The molecule has 1 N–H and O–H groups in total. The number of carbonyl (C=O) groups excluding carboxylic acids is 2. The van der Waals surface area contributed by atoms with Crippen LogP contribution in [0.25, 0.3) is 5.57 Å². The van der Waals surface area contributed by atoms with Gasteiger partial charge in [-0.1, -0.05) is 24.3 Å². The first-order valence-electron chi connectivity index (χ1n) is 9.85. The summed E-state index contributed by atoms with van der Waals surface area (Å²) in [6.07, 6.45) is 3.03. The van der Waals surface area contributed by atoms with E-state index in [-0.39, 0.29) is 18.3 Å². The summed E-state index contributed by atoms with van der Waals surface area (Å²) >= 11 is 0. The third kappa shape index (κ3) is 5.52. The number of ether oxygens (including phenoxy) is 2. The lowest BCUT2D eigenvalue weighted by Gasteiger charge is -2.29. The van der Waals surface area contributed by atoms with Crippen LogP contribution in [0, 0.1) is 5.92 Å². The first kappa shape index (κ1) is 22.6. The highest BCUT2D eigenvalue weighted by atomic mass is 32.2. The SMILES string of the molecule is CCOC(=O)[C@@H]1C(=O)C=C(c2ccc(NS(C)(=O)=O)cc2)C[C@@H]1c1ccc(OC)cc1. The van der Waals surface area contributed by atoms with Crippen LogP contribution in [0.3, 0.4) is 0 Å². The Balaban J connectivity index is 1.95. The molecule has 2 aromatic carbocycles. The number of carbonyl (C=O) groups is 2. The van der Waals surface area contributed by atoms with Crippen molar-refractivity contribution in [3.8, 4) is 5.75 Å². The summed E-state index contributed by atoms with van der Waals surface area (Å²) in [6, 6.07) is 14.1. The van der Waals surface area contributed by atoms with Crippen molar-refractivity contribution in [2.45, 2.75) is 19.3 Å². The molecule has 1 aliphatic rings. The maximum atomic E-state index is 13.0. The zero-order valence-corrected chi connectivity index (χ0v) is 18.4. The molecule has 8 heteroatoms. The standard InChI is InChI=1S/C23H25NO6S/c1-4-30-23(26)22-20(16-7-11-19(29-2)12-8-16)13-17(14-21(22)25)15-5-9-18(10-6-15)24-31(3,27)28/h5-12,14,20,22,24H,4,13H2,1-3H3/t20-,22+/m1/s1. The van der Waals surface area contributed by atoms with Crippen molar-refractivity contribution in [1.29, 1.82) is 0 Å². The number of sulfonamides is 1. The second-order valence-electron chi connectivity index (χ2n) is 7.34. The first-order valence-corrected chi connectivity index (χ1v) is 11.7. The van der Waals surface area contributed by atoms with Crippen LogP contribution in [-0.4, -0.2) is 40.1 Å². The topological polar surface area (TPSA) is 98.8 Å². The molecular formula is C23H25NO6S. The van der Waals surface area contributed by atoms with Crippen LogP contribution in [0.4, 0.5) is 5.69 Å². The monoisotopic (exact) mass is 443 g/mol. The molecule has 7 nitrogen and oxygen atoms in total. The van der Waals surface area contributed by atoms with Crippen LogP contribution < -0.4 is 9.46 Å². The fourth-order valence-electron chi connectivity index (χ4n) is 3.71. The van der Waals surface area contributed by atoms with E-state index in [1.54, 1.807) is 50.4 Å². The van der Waals surface area contributed by atoms with Crippen molar-refractivity contribution >= 4 is 33.0 Å². The third-order valence-electron chi connectivity index (χ3n) is 5.11. The van der Waals surface area contributed by atoms with Crippen LogP contribution in [0.2, 0.25) is 0 Å². The number of ketones is 1. The smallest absolute Gasteiger partial charge is 0.317 e. The van der Waals surface area contributed by atoms with E-state index in [9.17, 15) is 18.0 Å². The molecule has 0 amide bonds. The quantitative estimate of drug-likeness (QED) is 0.520. The first-order chi connectivity index (χ1) is 14.7. The summed E-state index contributed by atoms with van der Waals surface area (Å²) < 4.78 is 35.6. The van der Waals surface area contributed by atoms with E-state index in [0.29, 0.717) is 17.9 Å². The van der Waals surface area contributed by atoms with Crippen LogP contribution in [0.15, 0.2) is 54.6 Å². The van der Waals surface area contributed by atoms with Gasteiger partial charge in [0.1, 0.15) is 11.7 Å². The molecule has 3 rings (SSSR count). The van der Waals surface area contributed by atoms with Crippen LogP contribution in [0.5, 0.6) is 5.75 Å². The molecule has 0 heterocycles. The maximum Gasteiger partial charge on any atom is 0.317 e. The highest BCUT2D eigenvalue weighted by molar-refractivity contribution is 7.92. The van der Waals surface area contributed by atoms with Gasteiger partial charge in [0.05, 0.1) is 20.0 Å². The Morgan fingerprint density at radius 1 is 1.10 bits per heavy atom. The summed E-state index contributed by atoms with van der Waals surface area (Å²) in [5.74, 6) is -1.45. The van der Waals surface area contributed by atoms with Gasteiger partial charge >= 0.3 is 5.97 Å². The van der Waals surface area contributed by atoms with Gasteiger partial charge in [-0.2, -0.15) is 0 Å². The second kappa shape index (κ2) is 9.34. The lowest BCUT2D eigenvalue weighted by atomic mass is 9.73. The molecule has 0 aromatic heterocycles. The summed E-state index contributed by atoms with van der Waals surface area (Å²) in [4.78, 5) is 25.5. The van der Waals surface area contributed by atoms with Gasteiger partial charge in [0.25, 0.3) is 0 Å². The average Bonchev–Trinajstić information content (AvgIpc) is 2.72. The van der Waals surface area contributed by atoms with Gasteiger partial charge in [0, 0.05) is 11.6 Å². The van der Waals surface area contributed by atoms with Crippen molar-refractivity contribution in [3.63, 3.8) is 0 Å². The molecule has 1 aliphatic carbocycles. The molecule has 2 atom stereocenters. The molecular weight excluding hydrogens is 418 g/mol. The molecule has 164 valence electrons. The predicted molar refractivity (Wildman–Crippen MR) is 118 cm³/mol. The Morgan fingerprint density at radius 2 is 1.74 bits per heavy atom. The van der Waals surface area contributed by atoms with Gasteiger partial charge in [0.2, 0.25) is 10.0 Å². The van der Waals surface area contributed by atoms with E-state index in [0.717, 1.165) is 23.0 Å². The zero-order chi connectivity index (χ0) is 22.6. The molecule has 31 heavy (non-hydrogen) atoms. The fraction of sp³-hybridized carbons (Fsp3) is 0.304. The van der Waals surface area contributed by atoms with Gasteiger partial charge in [-0.25, -0.2) is 8.42 Å². The van der Waals surface area contributed by atoms with Crippen molar-refractivity contribution in [3.05, 3.63) is 65.7 Å². The van der Waals surface area contributed by atoms with E-state index in [2.05, 4.69) is 4.72 Å².